The van der Waals surface area contributed by atoms with Crippen molar-refractivity contribution in [3.63, 3.8) is 0 Å². The van der Waals surface area contributed by atoms with Crippen LogP contribution < -0.4 is 10.6 Å². The number of nitrogens with zero attached hydrogens (tertiary/aromatic N) is 1. The molecule has 2 aliphatic heterocycles. The van der Waals surface area contributed by atoms with Crippen molar-refractivity contribution in [2.24, 2.45) is 0 Å². The number of urea groups is 1. The van der Waals surface area contributed by atoms with E-state index in [0.717, 1.165) is 10.5 Å². The summed E-state index contributed by atoms with van der Waals surface area (Å²) >= 11 is 0. The highest BCUT2D eigenvalue weighted by atomic mass is 32.2. The molecule has 0 spiro atoms. The van der Waals surface area contributed by atoms with Gasteiger partial charge in [0.1, 0.15) is 12.1 Å². The van der Waals surface area contributed by atoms with Crippen LogP contribution in [0.3, 0.4) is 0 Å². The Hall–Kier alpha value is -2.42. The molecule has 2 saturated heterocycles. The summed E-state index contributed by atoms with van der Waals surface area (Å²) in [4.78, 5) is 38.3. The molecule has 8 nitrogen and oxygen atoms in total. The van der Waals surface area contributed by atoms with Crippen LogP contribution in [0.4, 0.5) is 4.79 Å². The second-order valence-electron chi connectivity index (χ2n) is 8.09. The maximum atomic E-state index is 12.8. The largest absolute Gasteiger partial charge is 0.348 e. The van der Waals surface area contributed by atoms with Gasteiger partial charge in [0.25, 0.3) is 5.91 Å². The predicted molar refractivity (Wildman–Crippen MR) is 103 cm³/mol. The second-order valence-corrected chi connectivity index (χ2v) is 10.3. The topological polar surface area (TPSA) is 113 Å². The van der Waals surface area contributed by atoms with Crippen LogP contribution in [-0.4, -0.2) is 60.3 Å². The van der Waals surface area contributed by atoms with Crippen molar-refractivity contribution in [3.05, 3.63) is 35.9 Å². The molecule has 152 valence electrons. The lowest BCUT2D eigenvalue weighted by molar-refractivity contribution is -0.135. The first-order chi connectivity index (χ1) is 13.0. The number of hydrogen-bond acceptors (Lipinski definition) is 5. The van der Waals surface area contributed by atoms with Crippen molar-refractivity contribution in [2.75, 3.05) is 18.1 Å². The number of carbonyl (C=O) groups is 3. The molecule has 0 saturated carbocycles. The van der Waals surface area contributed by atoms with E-state index in [1.807, 2.05) is 30.3 Å². The average Bonchev–Trinajstić information content (AvgIpc) is 3.01. The Morgan fingerprint density at radius 3 is 2.50 bits per heavy atom. The van der Waals surface area contributed by atoms with Gasteiger partial charge in [0.2, 0.25) is 5.91 Å². The molecule has 2 heterocycles. The summed E-state index contributed by atoms with van der Waals surface area (Å²) in [7, 11) is -3.18. The maximum Gasteiger partial charge on any atom is 0.325 e. The van der Waals surface area contributed by atoms with E-state index in [9.17, 15) is 22.8 Å². The highest BCUT2D eigenvalue weighted by Gasteiger charge is 2.48. The van der Waals surface area contributed by atoms with Crippen LogP contribution in [0.1, 0.15) is 32.3 Å². The third-order valence-electron chi connectivity index (χ3n) is 5.35. The van der Waals surface area contributed by atoms with Gasteiger partial charge in [-0.25, -0.2) is 13.2 Å². The monoisotopic (exact) mass is 407 g/mol. The van der Waals surface area contributed by atoms with Crippen LogP contribution in [-0.2, 0) is 25.8 Å². The molecular weight excluding hydrogens is 382 g/mol. The van der Waals surface area contributed by atoms with Crippen molar-refractivity contribution in [1.29, 1.82) is 0 Å². The number of hydrogen-bond donors (Lipinski definition) is 2. The summed E-state index contributed by atoms with van der Waals surface area (Å²) in [6, 6.07) is 9.02. The van der Waals surface area contributed by atoms with E-state index in [2.05, 4.69) is 10.6 Å². The fourth-order valence-corrected chi connectivity index (χ4v) is 5.82. The van der Waals surface area contributed by atoms with Gasteiger partial charge in [-0.2, -0.15) is 0 Å². The van der Waals surface area contributed by atoms with Gasteiger partial charge >= 0.3 is 6.03 Å². The van der Waals surface area contributed by atoms with Crippen LogP contribution in [0.2, 0.25) is 0 Å². The minimum absolute atomic E-state index is 0.0183. The summed E-state index contributed by atoms with van der Waals surface area (Å²) in [5.41, 5.74) is -0.892. The van der Waals surface area contributed by atoms with E-state index >= 15 is 0 Å². The van der Waals surface area contributed by atoms with E-state index in [0.29, 0.717) is 19.3 Å². The fourth-order valence-electron chi connectivity index (χ4n) is 3.73. The molecule has 0 aliphatic carbocycles. The Kier molecular flexibility index (Phi) is 5.22. The average molecular weight is 407 g/mol. The van der Waals surface area contributed by atoms with Crippen molar-refractivity contribution in [1.82, 2.24) is 15.5 Å². The molecule has 2 aliphatic rings. The molecule has 1 aromatic rings. The number of aryl methyl sites for hydroxylation is 1. The van der Waals surface area contributed by atoms with Crippen molar-refractivity contribution in [3.8, 4) is 0 Å². The van der Waals surface area contributed by atoms with Crippen molar-refractivity contribution in [2.45, 2.75) is 44.2 Å². The van der Waals surface area contributed by atoms with E-state index in [-0.39, 0.29) is 11.5 Å². The van der Waals surface area contributed by atoms with Gasteiger partial charge < -0.3 is 10.6 Å². The van der Waals surface area contributed by atoms with Crippen LogP contribution in [0.5, 0.6) is 0 Å². The van der Waals surface area contributed by atoms with Crippen LogP contribution in [0.15, 0.2) is 30.3 Å². The summed E-state index contributed by atoms with van der Waals surface area (Å²) in [6.07, 6.45) is 1.34. The molecular formula is C19H25N3O5S. The molecule has 4 amide bonds. The van der Waals surface area contributed by atoms with E-state index in [1.165, 1.54) is 0 Å². The minimum Gasteiger partial charge on any atom is -0.348 e. The van der Waals surface area contributed by atoms with Crippen molar-refractivity contribution < 1.29 is 22.8 Å². The number of nitrogens with one attached hydrogen (secondary N) is 2. The summed E-state index contributed by atoms with van der Waals surface area (Å²) in [5, 5.41) is 5.36. The Bertz CT molecular complexity index is 901. The molecule has 9 heteroatoms. The first-order valence-electron chi connectivity index (χ1n) is 9.21. The first-order valence-corrected chi connectivity index (χ1v) is 11.0. The van der Waals surface area contributed by atoms with Gasteiger partial charge in [-0.15, -0.1) is 0 Å². The molecule has 0 aromatic heterocycles. The lowest BCUT2D eigenvalue weighted by Crippen LogP contribution is -2.51. The molecule has 3 rings (SSSR count). The van der Waals surface area contributed by atoms with Gasteiger partial charge in [-0.3, -0.25) is 14.5 Å². The predicted octanol–water partition coefficient (Wildman–Crippen LogP) is 0.623. The Balaban J connectivity index is 1.61. The molecule has 0 radical (unpaired) electrons. The Morgan fingerprint density at radius 1 is 1.21 bits per heavy atom. The van der Waals surface area contributed by atoms with Crippen molar-refractivity contribution >= 4 is 27.7 Å². The molecule has 2 atom stereocenters. The summed E-state index contributed by atoms with van der Waals surface area (Å²) < 4.78 is 23.3. The number of imide groups is 1. The van der Waals surface area contributed by atoms with E-state index in [1.54, 1.807) is 13.8 Å². The highest BCUT2D eigenvalue weighted by molar-refractivity contribution is 7.91. The number of rotatable bonds is 6. The van der Waals surface area contributed by atoms with Crippen LogP contribution in [0, 0.1) is 0 Å². The number of amides is 4. The smallest absolute Gasteiger partial charge is 0.325 e. The molecule has 2 fully saturated rings. The Morgan fingerprint density at radius 2 is 1.89 bits per heavy atom. The van der Waals surface area contributed by atoms with Gasteiger partial charge in [-0.1, -0.05) is 30.3 Å². The van der Waals surface area contributed by atoms with Gasteiger partial charge in [0, 0.05) is 0 Å². The van der Waals surface area contributed by atoms with E-state index in [4.69, 9.17) is 0 Å². The first kappa shape index (κ1) is 20.3. The second kappa shape index (κ2) is 7.20. The number of carbonyl (C=O) groups excluding carboxylic acids is 3. The zero-order valence-electron chi connectivity index (χ0n) is 16.0. The van der Waals surface area contributed by atoms with Gasteiger partial charge in [0.15, 0.2) is 9.84 Å². The Labute approximate surface area is 164 Å². The standard InChI is InChI=1S/C19H25N3O5S/c1-18(10-11-28(26,27)13-18)20-15(23)12-22-16(24)19(2,21-17(22)25)9-8-14-6-4-3-5-7-14/h3-7H,8-13H2,1-2H3,(H,20,23)(H,21,25)/t18-,19+/m1/s1. The van der Waals surface area contributed by atoms with E-state index < -0.39 is 45.3 Å². The molecule has 28 heavy (non-hydrogen) atoms. The van der Waals surface area contributed by atoms with Gasteiger partial charge in [-0.05, 0) is 38.7 Å². The summed E-state index contributed by atoms with van der Waals surface area (Å²) in [5.74, 6) is -1.12. The zero-order valence-corrected chi connectivity index (χ0v) is 16.8. The number of sulfone groups is 1. The number of benzene rings is 1. The van der Waals surface area contributed by atoms with Crippen LogP contribution in [0.25, 0.3) is 0 Å². The zero-order chi connectivity index (χ0) is 20.6. The lowest BCUT2D eigenvalue weighted by Gasteiger charge is -2.25. The highest BCUT2D eigenvalue weighted by Crippen LogP contribution is 2.25. The van der Waals surface area contributed by atoms with Gasteiger partial charge in [0.05, 0.1) is 17.0 Å². The fraction of sp³-hybridized carbons (Fsp3) is 0.526. The van der Waals surface area contributed by atoms with Crippen LogP contribution >= 0.6 is 0 Å². The summed E-state index contributed by atoms with van der Waals surface area (Å²) in [6.45, 7) is 2.88. The quantitative estimate of drug-likeness (QED) is 0.672. The third kappa shape index (κ3) is 4.35. The molecule has 0 bridgehead atoms. The SMILES string of the molecule is C[C@@]1(NC(=O)CN2C(=O)N[C@@](C)(CCc3ccccc3)C2=O)CCS(=O)(=O)C1. The lowest BCUT2D eigenvalue weighted by atomic mass is 9.93. The third-order valence-corrected chi connectivity index (χ3v) is 7.25. The molecule has 0 unspecified atom stereocenters. The molecule has 2 N–H and O–H groups in total. The maximum absolute atomic E-state index is 12.8. The minimum atomic E-state index is -3.18. The normalized spacial score (nSPS) is 29.0. The molecule has 1 aromatic carbocycles.